The first-order chi connectivity index (χ1) is 8.71. The average molecular weight is 249 g/mol. The lowest BCUT2D eigenvalue weighted by Crippen LogP contribution is -2.24. The molecule has 0 heterocycles. The first-order valence-electron chi connectivity index (χ1n) is 7.08. The van der Waals surface area contributed by atoms with Crippen molar-refractivity contribution < 1.29 is 4.74 Å². The van der Waals surface area contributed by atoms with Crippen LogP contribution in [0, 0.1) is 0 Å². The van der Waals surface area contributed by atoms with Gasteiger partial charge in [-0.3, -0.25) is 0 Å². The third-order valence-electron chi connectivity index (χ3n) is 3.38. The van der Waals surface area contributed by atoms with E-state index in [4.69, 9.17) is 4.74 Å². The minimum absolute atomic E-state index is 0.287. The molecule has 2 heteroatoms. The average Bonchev–Trinajstić information content (AvgIpc) is 2.40. The van der Waals surface area contributed by atoms with Crippen molar-refractivity contribution in [1.29, 1.82) is 0 Å². The number of aryl methyl sites for hydroxylation is 1. The van der Waals surface area contributed by atoms with Gasteiger partial charge in [-0.2, -0.15) is 0 Å². The maximum absolute atomic E-state index is 5.88. The predicted molar refractivity (Wildman–Crippen MR) is 77.9 cm³/mol. The zero-order chi connectivity index (χ0) is 13.4. The van der Waals surface area contributed by atoms with E-state index < -0.39 is 0 Å². The third-order valence-corrected chi connectivity index (χ3v) is 3.38. The summed E-state index contributed by atoms with van der Waals surface area (Å²) in [5.74, 6) is 0. The minimum atomic E-state index is 0.287. The van der Waals surface area contributed by atoms with E-state index in [0.717, 1.165) is 19.4 Å². The predicted octanol–water partition coefficient (Wildman–Crippen LogP) is 3.71. The highest BCUT2D eigenvalue weighted by Crippen LogP contribution is 2.16. The van der Waals surface area contributed by atoms with E-state index in [1.165, 1.54) is 17.5 Å². The van der Waals surface area contributed by atoms with Gasteiger partial charge in [-0.05, 0) is 37.9 Å². The molecule has 0 aliphatic heterocycles. The minimum Gasteiger partial charge on any atom is -0.377 e. The van der Waals surface area contributed by atoms with Crippen LogP contribution in [-0.4, -0.2) is 19.8 Å². The van der Waals surface area contributed by atoms with Gasteiger partial charge in [0.2, 0.25) is 0 Å². The van der Waals surface area contributed by atoms with Crippen molar-refractivity contribution in [2.45, 2.75) is 52.2 Å². The van der Waals surface area contributed by atoms with Crippen LogP contribution in [0.3, 0.4) is 0 Å². The lowest BCUT2D eigenvalue weighted by molar-refractivity contribution is 0.0453. The largest absolute Gasteiger partial charge is 0.377 e. The molecule has 0 aromatic heterocycles. The first-order valence-corrected chi connectivity index (χ1v) is 7.08. The number of ether oxygens (including phenoxy) is 1. The van der Waals surface area contributed by atoms with Crippen LogP contribution in [0.2, 0.25) is 0 Å². The zero-order valence-corrected chi connectivity index (χ0v) is 12.2. The number of hydrogen-bond acceptors (Lipinski definition) is 2. The van der Waals surface area contributed by atoms with Crippen molar-refractivity contribution in [2.75, 3.05) is 13.7 Å². The van der Waals surface area contributed by atoms with Gasteiger partial charge < -0.3 is 10.1 Å². The van der Waals surface area contributed by atoms with Crippen molar-refractivity contribution in [1.82, 2.24) is 5.32 Å². The topological polar surface area (TPSA) is 21.3 Å². The van der Waals surface area contributed by atoms with Crippen molar-refractivity contribution in [3.05, 3.63) is 35.4 Å². The van der Waals surface area contributed by atoms with E-state index in [1.807, 2.05) is 7.05 Å². The molecule has 2 nitrogen and oxygen atoms in total. The molecule has 0 fully saturated rings. The molecular formula is C16H27NO. The molecule has 2 unspecified atom stereocenters. The standard InChI is InChI=1S/C16H27NO/c1-5-7-13(3)18-12-16(17-4)15-10-8-14(6-2)9-11-15/h8-11,13,16-17H,5-7,12H2,1-4H3. The molecule has 0 amide bonds. The number of rotatable bonds is 8. The summed E-state index contributed by atoms with van der Waals surface area (Å²) >= 11 is 0. The Labute approximate surface area is 112 Å². The first kappa shape index (κ1) is 15.2. The Morgan fingerprint density at radius 1 is 1.17 bits per heavy atom. The van der Waals surface area contributed by atoms with Crippen molar-refractivity contribution in [3.8, 4) is 0 Å². The summed E-state index contributed by atoms with van der Waals surface area (Å²) in [5, 5.41) is 3.33. The second-order valence-electron chi connectivity index (χ2n) is 4.87. The van der Waals surface area contributed by atoms with Gasteiger partial charge >= 0.3 is 0 Å². The lowest BCUT2D eigenvalue weighted by atomic mass is 10.0. The molecule has 0 bridgehead atoms. The molecule has 1 N–H and O–H groups in total. The Bertz CT molecular complexity index is 320. The molecule has 1 aromatic carbocycles. The molecule has 1 aromatic rings. The van der Waals surface area contributed by atoms with E-state index in [2.05, 4.69) is 50.4 Å². The van der Waals surface area contributed by atoms with Crippen molar-refractivity contribution >= 4 is 0 Å². The van der Waals surface area contributed by atoms with Gasteiger partial charge in [0.15, 0.2) is 0 Å². The molecule has 0 saturated carbocycles. The molecule has 0 aliphatic carbocycles. The zero-order valence-electron chi connectivity index (χ0n) is 12.2. The SMILES string of the molecule is CCCC(C)OCC(NC)c1ccc(CC)cc1. The maximum atomic E-state index is 5.88. The highest BCUT2D eigenvalue weighted by molar-refractivity contribution is 5.25. The number of hydrogen-bond donors (Lipinski definition) is 1. The normalized spacial score (nSPS) is 14.4. The second kappa shape index (κ2) is 8.28. The number of nitrogens with one attached hydrogen (secondary N) is 1. The van der Waals surface area contributed by atoms with Crippen LogP contribution in [0.25, 0.3) is 0 Å². The molecule has 1 rings (SSSR count). The third kappa shape index (κ3) is 4.79. The molecule has 0 spiro atoms. The quantitative estimate of drug-likeness (QED) is 0.758. The Morgan fingerprint density at radius 3 is 2.33 bits per heavy atom. The summed E-state index contributed by atoms with van der Waals surface area (Å²) in [4.78, 5) is 0. The number of likely N-dealkylation sites (N-methyl/N-ethyl adjacent to an activating group) is 1. The fraction of sp³-hybridized carbons (Fsp3) is 0.625. The van der Waals surface area contributed by atoms with E-state index in [9.17, 15) is 0 Å². The summed E-state index contributed by atoms with van der Waals surface area (Å²) in [6, 6.07) is 9.10. The molecule has 0 aliphatic rings. The molecule has 0 radical (unpaired) electrons. The second-order valence-corrected chi connectivity index (χ2v) is 4.87. The van der Waals surface area contributed by atoms with Gasteiger partial charge in [0, 0.05) is 0 Å². The summed E-state index contributed by atoms with van der Waals surface area (Å²) in [6.07, 6.45) is 3.75. The van der Waals surface area contributed by atoms with Gasteiger partial charge in [-0.1, -0.05) is 44.5 Å². The Kier molecular flexibility index (Phi) is 6.99. The van der Waals surface area contributed by atoms with Crippen LogP contribution in [0.1, 0.15) is 50.8 Å². The molecular weight excluding hydrogens is 222 g/mol. The van der Waals surface area contributed by atoms with Crippen LogP contribution >= 0.6 is 0 Å². The van der Waals surface area contributed by atoms with E-state index in [-0.39, 0.29) is 6.04 Å². The van der Waals surface area contributed by atoms with Crippen molar-refractivity contribution in [2.24, 2.45) is 0 Å². The molecule has 2 atom stereocenters. The lowest BCUT2D eigenvalue weighted by Gasteiger charge is -2.20. The van der Waals surface area contributed by atoms with Gasteiger partial charge in [-0.25, -0.2) is 0 Å². The molecule has 102 valence electrons. The van der Waals surface area contributed by atoms with Crippen LogP contribution in [-0.2, 0) is 11.2 Å². The van der Waals surface area contributed by atoms with Crippen LogP contribution < -0.4 is 5.32 Å². The maximum Gasteiger partial charge on any atom is 0.0665 e. The van der Waals surface area contributed by atoms with Gasteiger partial charge in [0.25, 0.3) is 0 Å². The van der Waals surface area contributed by atoms with Gasteiger partial charge in [-0.15, -0.1) is 0 Å². The Morgan fingerprint density at radius 2 is 1.83 bits per heavy atom. The molecule has 0 saturated heterocycles. The fourth-order valence-electron chi connectivity index (χ4n) is 2.08. The van der Waals surface area contributed by atoms with Gasteiger partial charge in [0.1, 0.15) is 0 Å². The summed E-state index contributed by atoms with van der Waals surface area (Å²) in [5.41, 5.74) is 2.69. The summed E-state index contributed by atoms with van der Waals surface area (Å²) < 4.78 is 5.88. The Balaban J connectivity index is 2.53. The van der Waals surface area contributed by atoms with Crippen LogP contribution in [0.15, 0.2) is 24.3 Å². The van der Waals surface area contributed by atoms with Gasteiger partial charge in [0.05, 0.1) is 18.8 Å². The Hall–Kier alpha value is -0.860. The van der Waals surface area contributed by atoms with Crippen LogP contribution in [0.4, 0.5) is 0 Å². The molecule has 18 heavy (non-hydrogen) atoms. The number of benzene rings is 1. The van der Waals surface area contributed by atoms with E-state index in [0.29, 0.717) is 6.10 Å². The highest BCUT2D eigenvalue weighted by Gasteiger charge is 2.11. The summed E-state index contributed by atoms with van der Waals surface area (Å²) in [7, 11) is 1.99. The fourth-order valence-corrected chi connectivity index (χ4v) is 2.08. The van der Waals surface area contributed by atoms with Crippen molar-refractivity contribution in [3.63, 3.8) is 0 Å². The van der Waals surface area contributed by atoms with E-state index >= 15 is 0 Å². The van der Waals surface area contributed by atoms with Crippen LogP contribution in [0.5, 0.6) is 0 Å². The van der Waals surface area contributed by atoms with E-state index in [1.54, 1.807) is 0 Å². The summed E-state index contributed by atoms with van der Waals surface area (Å²) in [6.45, 7) is 7.26. The monoisotopic (exact) mass is 249 g/mol. The smallest absolute Gasteiger partial charge is 0.0665 e. The highest BCUT2D eigenvalue weighted by atomic mass is 16.5.